The molecule has 74 valence electrons. The van der Waals surface area contributed by atoms with Crippen LogP contribution in [0.2, 0.25) is 0 Å². The summed E-state index contributed by atoms with van der Waals surface area (Å²) in [6.45, 7) is 9.34. The Morgan fingerprint density at radius 1 is 1.54 bits per heavy atom. The van der Waals surface area contributed by atoms with E-state index >= 15 is 0 Å². The molecule has 0 aromatic rings. The number of hydrogen-bond donors (Lipinski definition) is 0. The molecule has 0 aromatic carbocycles. The first-order valence-corrected chi connectivity index (χ1v) is 4.64. The smallest absolute Gasteiger partial charge is 0.338 e. The van der Waals surface area contributed by atoms with E-state index in [0.717, 1.165) is 19.3 Å². The van der Waals surface area contributed by atoms with Gasteiger partial charge < -0.3 is 4.74 Å². The highest BCUT2D eigenvalue weighted by Crippen LogP contribution is 2.09. The third-order valence-corrected chi connectivity index (χ3v) is 1.78. The fourth-order valence-corrected chi connectivity index (χ4v) is 0.770. The van der Waals surface area contributed by atoms with Crippen molar-refractivity contribution in [2.75, 3.05) is 0 Å². The average Bonchev–Trinajstić information content (AvgIpc) is 2.13. The van der Waals surface area contributed by atoms with Crippen LogP contribution in [0.3, 0.4) is 0 Å². The first-order chi connectivity index (χ1) is 6.11. The van der Waals surface area contributed by atoms with Crippen molar-refractivity contribution in [1.29, 1.82) is 0 Å². The molecule has 0 aliphatic rings. The summed E-state index contributed by atoms with van der Waals surface area (Å²) in [4.78, 5) is 11.3. The molecule has 0 amide bonds. The van der Waals surface area contributed by atoms with Crippen molar-refractivity contribution in [2.24, 2.45) is 0 Å². The summed E-state index contributed by atoms with van der Waals surface area (Å²) < 4.78 is 4.98. The van der Waals surface area contributed by atoms with Gasteiger partial charge in [-0.05, 0) is 32.8 Å². The van der Waals surface area contributed by atoms with E-state index in [-0.39, 0.29) is 5.97 Å². The van der Waals surface area contributed by atoms with Crippen molar-refractivity contribution in [1.82, 2.24) is 0 Å². The molecule has 0 radical (unpaired) electrons. The maximum absolute atomic E-state index is 11.3. The number of carbonyl (C=O) groups excluding carboxylic acids is 1. The number of hydrogen-bond acceptors (Lipinski definition) is 2. The molecule has 0 aliphatic carbocycles. The van der Waals surface area contributed by atoms with E-state index in [1.165, 1.54) is 0 Å². The van der Waals surface area contributed by atoms with Crippen LogP contribution in [-0.4, -0.2) is 5.97 Å². The highest BCUT2D eigenvalue weighted by Gasteiger charge is 2.07. The third kappa shape index (κ3) is 5.23. The van der Waals surface area contributed by atoms with E-state index in [0.29, 0.717) is 11.3 Å². The first kappa shape index (κ1) is 11.9. The maximum atomic E-state index is 11.3. The van der Waals surface area contributed by atoms with Gasteiger partial charge in [-0.1, -0.05) is 19.9 Å². The Hall–Kier alpha value is -1.05. The molecule has 0 aromatic heterocycles. The van der Waals surface area contributed by atoms with Gasteiger partial charge in [0, 0.05) is 5.57 Å². The van der Waals surface area contributed by atoms with Crippen LogP contribution in [0.15, 0.2) is 24.0 Å². The minimum absolute atomic E-state index is 0.302. The largest absolute Gasteiger partial charge is 0.428 e. The Kier molecular flexibility index (Phi) is 5.94. The molecule has 0 atom stereocenters. The molecule has 0 saturated heterocycles. The Balaban J connectivity index is 3.90. The highest BCUT2D eigenvalue weighted by molar-refractivity contribution is 5.88. The lowest BCUT2D eigenvalue weighted by Gasteiger charge is -2.05. The quantitative estimate of drug-likeness (QED) is 0.371. The van der Waals surface area contributed by atoms with Crippen molar-refractivity contribution < 1.29 is 9.53 Å². The van der Waals surface area contributed by atoms with Crippen LogP contribution in [0.1, 0.15) is 40.0 Å². The molecule has 2 heteroatoms. The van der Waals surface area contributed by atoms with Gasteiger partial charge in [-0.3, -0.25) is 0 Å². The van der Waals surface area contributed by atoms with Crippen LogP contribution in [0.4, 0.5) is 0 Å². The molecule has 0 fully saturated rings. The van der Waals surface area contributed by atoms with E-state index in [9.17, 15) is 4.79 Å². The van der Waals surface area contributed by atoms with Gasteiger partial charge in [0.05, 0.1) is 0 Å². The van der Waals surface area contributed by atoms with Gasteiger partial charge in [-0.15, -0.1) is 0 Å². The molecule has 0 N–H and O–H groups in total. The Morgan fingerprint density at radius 2 is 2.15 bits per heavy atom. The van der Waals surface area contributed by atoms with Gasteiger partial charge in [-0.25, -0.2) is 4.79 Å². The molecule has 2 nitrogen and oxygen atoms in total. The lowest BCUT2D eigenvalue weighted by atomic mass is 10.1. The fourth-order valence-electron chi connectivity index (χ4n) is 0.770. The second-order valence-electron chi connectivity index (χ2n) is 3.00. The summed E-state index contributed by atoms with van der Waals surface area (Å²) in [5.41, 5.74) is 0.558. The van der Waals surface area contributed by atoms with Gasteiger partial charge in [0.2, 0.25) is 0 Å². The van der Waals surface area contributed by atoms with Crippen LogP contribution in [0, 0.1) is 0 Å². The third-order valence-electron chi connectivity index (χ3n) is 1.78. The Bertz CT molecular complexity index is 214. The number of rotatable bonds is 5. The first-order valence-electron chi connectivity index (χ1n) is 4.64. The molecular formula is C11H18O2. The molecule has 0 bridgehead atoms. The second-order valence-corrected chi connectivity index (χ2v) is 3.00. The van der Waals surface area contributed by atoms with Gasteiger partial charge in [0.25, 0.3) is 0 Å². The van der Waals surface area contributed by atoms with Crippen molar-refractivity contribution in [3.8, 4) is 0 Å². The zero-order valence-electron chi connectivity index (χ0n) is 8.72. The molecule has 0 unspecified atom stereocenters. The lowest BCUT2D eigenvalue weighted by Crippen LogP contribution is -2.05. The molecule has 0 saturated carbocycles. The molecule has 13 heavy (non-hydrogen) atoms. The standard InChI is InChI=1S/C11H18O2/c1-5-7-8-9(3)11(12)13-10(4)6-2/h6H,3,5,7-8H2,1-2,4H3. The summed E-state index contributed by atoms with van der Waals surface area (Å²) in [5.74, 6) is 0.326. The van der Waals surface area contributed by atoms with E-state index in [1.54, 1.807) is 13.0 Å². The van der Waals surface area contributed by atoms with Gasteiger partial charge in [0.1, 0.15) is 5.76 Å². The maximum Gasteiger partial charge on any atom is 0.338 e. The van der Waals surface area contributed by atoms with Crippen molar-refractivity contribution in [2.45, 2.75) is 40.0 Å². The van der Waals surface area contributed by atoms with Crippen LogP contribution in [0.5, 0.6) is 0 Å². The summed E-state index contributed by atoms with van der Waals surface area (Å²) in [5, 5.41) is 0. The minimum Gasteiger partial charge on any atom is -0.428 e. The summed E-state index contributed by atoms with van der Waals surface area (Å²) in [7, 11) is 0. The summed E-state index contributed by atoms with van der Waals surface area (Å²) in [6, 6.07) is 0. The van der Waals surface area contributed by atoms with Gasteiger partial charge in [-0.2, -0.15) is 0 Å². The minimum atomic E-state index is -0.302. The van der Waals surface area contributed by atoms with Crippen molar-refractivity contribution in [3.05, 3.63) is 24.0 Å². The molecular weight excluding hydrogens is 164 g/mol. The van der Waals surface area contributed by atoms with E-state index < -0.39 is 0 Å². The number of carbonyl (C=O) groups is 1. The van der Waals surface area contributed by atoms with Crippen LogP contribution < -0.4 is 0 Å². The molecule has 0 aliphatic heterocycles. The number of allylic oxidation sites excluding steroid dienone is 2. The highest BCUT2D eigenvalue weighted by atomic mass is 16.5. The number of esters is 1. The van der Waals surface area contributed by atoms with Crippen molar-refractivity contribution >= 4 is 5.97 Å². The van der Waals surface area contributed by atoms with E-state index in [1.807, 2.05) is 6.92 Å². The van der Waals surface area contributed by atoms with E-state index in [4.69, 9.17) is 4.74 Å². The summed E-state index contributed by atoms with van der Waals surface area (Å²) >= 11 is 0. The molecule has 0 spiro atoms. The van der Waals surface area contributed by atoms with Crippen molar-refractivity contribution in [3.63, 3.8) is 0 Å². The average molecular weight is 182 g/mol. The fraction of sp³-hybridized carbons (Fsp3) is 0.545. The van der Waals surface area contributed by atoms with Crippen LogP contribution >= 0.6 is 0 Å². The summed E-state index contributed by atoms with van der Waals surface area (Å²) in [6.07, 6.45) is 4.54. The topological polar surface area (TPSA) is 26.3 Å². The molecule has 0 heterocycles. The van der Waals surface area contributed by atoms with Gasteiger partial charge in [0.15, 0.2) is 0 Å². The van der Waals surface area contributed by atoms with Crippen LogP contribution in [0.25, 0.3) is 0 Å². The zero-order chi connectivity index (χ0) is 10.3. The van der Waals surface area contributed by atoms with E-state index in [2.05, 4.69) is 13.5 Å². The normalized spacial score (nSPS) is 11.2. The number of unbranched alkanes of at least 4 members (excludes halogenated alkanes) is 1. The Morgan fingerprint density at radius 3 is 2.62 bits per heavy atom. The van der Waals surface area contributed by atoms with Gasteiger partial charge >= 0.3 is 5.97 Å². The number of ether oxygens (including phenoxy) is 1. The molecule has 0 rings (SSSR count). The predicted molar refractivity (Wildman–Crippen MR) is 54.2 cm³/mol. The Labute approximate surface area is 80.3 Å². The predicted octanol–water partition coefficient (Wildman–Crippen LogP) is 3.20. The second kappa shape index (κ2) is 6.46. The van der Waals surface area contributed by atoms with Crippen LogP contribution in [-0.2, 0) is 9.53 Å². The zero-order valence-corrected chi connectivity index (χ0v) is 8.72. The SMILES string of the molecule is C=C(CCCC)C(=O)OC(C)=CC. The lowest BCUT2D eigenvalue weighted by molar-refractivity contribution is -0.135. The monoisotopic (exact) mass is 182 g/mol.